The first-order valence-electron chi connectivity index (χ1n) is 10.1. The second-order valence-electron chi connectivity index (χ2n) is 1.97. The summed E-state index contributed by atoms with van der Waals surface area (Å²) in [5.74, 6) is 0. The van der Waals surface area contributed by atoms with Crippen molar-refractivity contribution in [1.82, 2.24) is 0 Å². The Labute approximate surface area is 89.4 Å². The number of anilines is 1. The van der Waals surface area contributed by atoms with Gasteiger partial charge < -0.3 is 5.72 Å². The predicted molar refractivity (Wildman–Crippen MR) is 49.6 cm³/mol. The van der Waals surface area contributed by atoms with Crippen LogP contribution in [0.1, 0.15) is 43.9 Å². The van der Waals surface area contributed by atoms with Gasteiger partial charge in [0.1, 0.15) is 0 Å². The molecule has 1 rings (SSSR count). The molecule has 1 aromatic carbocycles. The zero-order valence-electron chi connectivity index (χ0n) is 20.4. The molecule has 0 amide bonds. The largest absolute Gasteiger partial charge is 0.399 e. The third-order valence-corrected chi connectivity index (χ3v) is 0.987. The van der Waals surface area contributed by atoms with E-state index in [9.17, 15) is 0 Å². The number of nitrogens with two attached hydrogens (primary N) is 1. The molecule has 0 unspecified atom stereocenters. The summed E-state index contributed by atoms with van der Waals surface area (Å²) in [6.45, 7) is -11.3. The van der Waals surface area contributed by atoms with E-state index in [4.69, 9.17) is 20.6 Å². The zero-order valence-corrected chi connectivity index (χ0v) is 5.45. The van der Waals surface area contributed by atoms with Crippen molar-refractivity contribution in [1.29, 1.82) is 0 Å². The third kappa shape index (κ3) is 1.97. The quantitative estimate of drug-likeness (QED) is 0.634. The van der Waals surface area contributed by atoms with Crippen LogP contribution in [0.25, 0.3) is 0 Å². The van der Waals surface area contributed by atoms with Gasteiger partial charge in [-0.2, -0.15) is 0 Å². The monoisotopic (exact) mass is 164 g/mol. The minimum absolute atomic E-state index is 0.258. The number of hydrogen-bond acceptors (Lipinski definition) is 1. The SMILES string of the molecule is [2H]c1c([2H])c(C(C([2H])([2H])[2H])(C([2H])([2H])[2H])C([2H])([2H])[2H])c([2H])c([2H])c1N([2H])[2H]. The highest BCUT2D eigenvalue weighted by atomic mass is 14.5. The molecule has 0 saturated carbocycles. The van der Waals surface area contributed by atoms with E-state index in [0.717, 1.165) is 0 Å². The molecule has 1 heteroatoms. The predicted octanol–water partition coefficient (Wildman–Crippen LogP) is 2.57. The first-order valence-corrected chi connectivity index (χ1v) is 2.72. The molecule has 0 aliphatic rings. The van der Waals surface area contributed by atoms with Gasteiger partial charge in [0.15, 0.2) is 2.82 Å². The minimum atomic E-state index is -3.75. The van der Waals surface area contributed by atoms with E-state index in [1.165, 1.54) is 0 Å². The van der Waals surface area contributed by atoms with Crippen LogP contribution in [-0.4, -0.2) is 0 Å². The first kappa shape index (κ1) is 1.30. The number of benzene rings is 1. The normalized spacial score (nSPS) is 34.4. The van der Waals surface area contributed by atoms with Crippen molar-refractivity contribution >= 4 is 5.69 Å². The van der Waals surface area contributed by atoms with E-state index in [2.05, 4.69) is 0 Å². The van der Waals surface area contributed by atoms with E-state index in [1.54, 1.807) is 0 Å². The van der Waals surface area contributed by atoms with Gasteiger partial charge in [-0.1, -0.05) is 32.6 Å². The second kappa shape index (κ2) is 2.57. The molecule has 60 valence electrons. The maximum absolute atomic E-state index is 7.93. The van der Waals surface area contributed by atoms with E-state index in [-0.39, 0.29) is 5.72 Å². The van der Waals surface area contributed by atoms with Crippen LogP contribution in [0, 0.1) is 0 Å². The molecule has 0 fully saturated rings. The van der Waals surface area contributed by atoms with Gasteiger partial charge in [-0.05, 0) is 23.1 Å². The van der Waals surface area contributed by atoms with Gasteiger partial charge in [-0.15, -0.1) is 0 Å². The number of rotatable bonds is 1. The summed E-state index contributed by atoms with van der Waals surface area (Å²) in [5.41, 5.74) is -6.16. The summed E-state index contributed by atoms with van der Waals surface area (Å²) in [6.07, 6.45) is 0. The Morgan fingerprint density at radius 1 is 1.36 bits per heavy atom. The average molecular weight is 164 g/mol. The summed E-state index contributed by atoms with van der Waals surface area (Å²) in [7, 11) is 0. The Hall–Kier alpha value is -0.980. The topological polar surface area (TPSA) is 26.0 Å². The molecule has 0 atom stereocenters. The average Bonchev–Trinajstić information content (AvgIpc) is 2.36. The second-order valence-corrected chi connectivity index (χ2v) is 1.97. The Kier molecular flexibility index (Phi) is 0.304. The van der Waals surface area contributed by atoms with E-state index in [0.29, 0.717) is 0 Å². The maximum Gasteiger partial charge on any atom is 0.156 e. The van der Waals surface area contributed by atoms with Gasteiger partial charge in [0.25, 0.3) is 0 Å². The summed E-state index contributed by atoms with van der Waals surface area (Å²) in [5, 5.41) is 0. The summed E-state index contributed by atoms with van der Waals surface area (Å²) in [6, 6.07) is -4.66. The molecule has 0 aliphatic heterocycles. The molecular formula is C10H15N. The molecule has 1 nitrogen and oxygen atoms in total. The summed E-state index contributed by atoms with van der Waals surface area (Å²) >= 11 is 0. The van der Waals surface area contributed by atoms with Crippen LogP contribution < -0.4 is 5.72 Å². The molecule has 1 aromatic rings. The van der Waals surface area contributed by atoms with E-state index in [1.807, 2.05) is 0 Å². The van der Waals surface area contributed by atoms with Crippen molar-refractivity contribution in [3.8, 4) is 0 Å². The van der Waals surface area contributed by atoms with Gasteiger partial charge in [0.05, 0.1) is 5.48 Å². The lowest BCUT2D eigenvalue weighted by molar-refractivity contribution is 0.590. The van der Waals surface area contributed by atoms with Crippen LogP contribution in [0.2, 0.25) is 2.82 Å². The van der Waals surface area contributed by atoms with Gasteiger partial charge >= 0.3 is 0 Å². The molecule has 0 bridgehead atoms. The first-order chi connectivity index (χ1) is 11.3. The fourth-order valence-electron chi connectivity index (χ4n) is 0.493. The Morgan fingerprint density at radius 3 is 2.45 bits per heavy atom. The zero-order chi connectivity index (χ0) is 21.0. The Bertz CT molecular complexity index is 629. The molecular weight excluding hydrogens is 134 g/mol. The Morgan fingerprint density at radius 2 is 2.00 bits per heavy atom. The maximum atomic E-state index is 7.93. The lowest BCUT2D eigenvalue weighted by Crippen LogP contribution is -2.10. The van der Waals surface area contributed by atoms with Crippen LogP contribution in [0.3, 0.4) is 0 Å². The van der Waals surface area contributed by atoms with Gasteiger partial charge in [-0.25, -0.2) is 0 Å². The van der Waals surface area contributed by atoms with Crippen LogP contribution in [0.5, 0.6) is 0 Å². The lowest BCUT2D eigenvalue weighted by Gasteiger charge is -2.18. The summed E-state index contributed by atoms with van der Waals surface area (Å²) in [4.78, 5) is 0. The van der Waals surface area contributed by atoms with Crippen molar-refractivity contribution < 1.29 is 20.6 Å². The standard InChI is InChI=1S/C10H15N/c1-10(2,3)8-4-6-9(11)7-5-8/h4-7H,11H2,1-3H3/i1D3,2D3,3D3,4D,5D,6D,7D/hD2. The van der Waals surface area contributed by atoms with Gasteiger partial charge in [0.2, 0.25) is 0 Å². The molecule has 0 saturated heterocycles. The van der Waals surface area contributed by atoms with Gasteiger partial charge in [-0.3, -0.25) is 0 Å². The highest BCUT2D eigenvalue weighted by molar-refractivity contribution is 5.40. The number of nitrogen functional groups attached to an aromatic ring is 1. The molecule has 2 N–H and O–H groups in total. The van der Waals surface area contributed by atoms with Crippen LogP contribution in [-0.2, 0) is 5.41 Å². The highest BCUT2D eigenvalue weighted by Crippen LogP contribution is 2.22. The van der Waals surface area contributed by atoms with Crippen LogP contribution in [0.4, 0.5) is 5.69 Å². The lowest BCUT2D eigenvalue weighted by atomic mass is 9.87. The van der Waals surface area contributed by atoms with E-state index >= 15 is 0 Å². The van der Waals surface area contributed by atoms with Crippen molar-refractivity contribution in [2.75, 3.05) is 5.72 Å². The molecule has 0 aromatic heterocycles. The van der Waals surface area contributed by atoms with Gasteiger partial charge in [0, 0.05) is 18.0 Å². The fraction of sp³-hybridized carbons (Fsp3) is 0.400. The number of hydrogen-bond donors (Lipinski definition) is 1. The van der Waals surface area contributed by atoms with E-state index < -0.39 is 61.4 Å². The highest BCUT2D eigenvalue weighted by Gasteiger charge is 2.11. The van der Waals surface area contributed by atoms with Crippen molar-refractivity contribution in [3.05, 3.63) is 29.7 Å². The molecule has 0 radical (unpaired) electrons. The minimum Gasteiger partial charge on any atom is -0.399 e. The van der Waals surface area contributed by atoms with Crippen LogP contribution >= 0.6 is 0 Å². The Balaban J connectivity index is 4.30. The molecule has 11 heavy (non-hydrogen) atoms. The van der Waals surface area contributed by atoms with Crippen molar-refractivity contribution in [2.24, 2.45) is 0 Å². The smallest absolute Gasteiger partial charge is 0.156 e. The van der Waals surface area contributed by atoms with Crippen molar-refractivity contribution in [3.63, 3.8) is 0 Å². The van der Waals surface area contributed by atoms with Crippen molar-refractivity contribution in [2.45, 2.75) is 26.0 Å². The van der Waals surface area contributed by atoms with Crippen LogP contribution in [0.15, 0.2) is 24.2 Å². The summed E-state index contributed by atoms with van der Waals surface area (Å²) < 4.78 is 114. The molecule has 0 aliphatic carbocycles. The molecule has 0 spiro atoms. The third-order valence-electron chi connectivity index (χ3n) is 0.987. The fourth-order valence-corrected chi connectivity index (χ4v) is 0.493. The molecule has 0 heterocycles.